The van der Waals surface area contributed by atoms with Crippen LogP contribution in [0, 0.1) is 6.92 Å². The van der Waals surface area contributed by atoms with Crippen molar-refractivity contribution in [3.63, 3.8) is 0 Å². The Kier molecular flexibility index (Phi) is 7.73. The topological polar surface area (TPSA) is 76.9 Å². The molecule has 0 spiro atoms. The van der Waals surface area contributed by atoms with Crippen LogP contribution in [0.3, 0.4) is 0 Å². The zero-order chi connectivity index (χ0) is 24.1. The maximum absolute atomic E-state index is 12.9. The van der Waals surface area contributed by atoms with Crippen LogP contribution >= 0.6 is 23.4 Å². The Morgan fingerprint density at radius 3 is 2.29 bits per heavy atom. The Labute approximate surface area is 209 Å². The molecule has 9 heteroatoms. The van der Waals surface area contributed by atoms with Crippen molar-refractivity contribution in [3.8, 4) is 5.69 Å². The third-order valence-electron chi connectivity index (χ3n) is 5.22. The highest BCUT2D eigenvalue weighted by Gasteiger charge is 2.24. The van der Waals surface area contributed by atoms with E-state index in [4.69, 9.17) is 11.6 Å². The fraction of sp³-hybridized carbons (Fsp3) is 0.200. The van der Waals surface area contributed by atoms with E-state index >= 15 is 0 Å². The predicted molar refractivity (Wildman–Crippen MR) is 138 cm³/mol. The second-order valence-electron chi connectivity index (χ2n) is 7.97. The first-order valence-electron chi connectivity index (χ1n) is 10.7. The van der Waals surface area contributed by atoms with Crippen LogP contribution in [0.25, 0.3) is 5.69 Å². The Bertz CT molecular complexity index is 1360. The lowest BCUT2D eigenvalue weighted by Crippen LogP contribution is -2.30. The Morgan fingerprint density at radius 1 is 0.971 bits per heavy atom. The minimum atomic E-state index is -3.61. The molecule has 3 aromatic carbocycles. The second kappa shape index (κ2) is 10.7. The van der Waals surface area contributed by atoms with Gasteiger partial charge in [0.05, 0.1) is 17.5 Å². The van der Waals surface area contributed by atoms with Gasteiger partial charge < -0.3 is 0 Å². The van der Waals surface area contributed by atoms with Gasteiger partial charge in [0, 0.05) is 10.8 Å². The van der Waals surface area contributed by atoms with Crippen molar-refractivity contribution in [2.75, 3.05) is 0 Å². The van der Waals surface area contributed by atoms with Crippen LogP contribution in [-0.2, 0) is 21.5 Å². The fourth-order valence-corrected chi connectivity index (χ4v) is 6.02. The number of nitrogens with zero attached hydrogens (tertiary/aromatic N) is 3. The molecule has 1 atom stereocenters. The molecule has 0 bridgehead atoms. The van der Waals surface area contributed by atoms with Gasteiger partial charge in [-0.25, -0.2) is 13.1 Å². The summed E-state index contributed by atoms with van der Waals surface area (Å²) in [5.74, 6) is 1.09. The molecule has 1 unspecified atom stereocenters. The van der Waals surface area contributed by atoms with Crippen LogP contribution < -0.4 is 4.72 Å². The van der Waals surface area contributed by atoms with Crippen LogP contribution in [0.2, 0.25) is 5.02 Å². The van der Waals surface area contributed by atoms with E-state index in [2.05, 4.69) is 27.1 Å². The summed E-state index contributed by atoms with van der Waals surface area (Å²) >= 11 is 7.85. The molecule has 0 radical (unpaired) electrons. The maximum Gasteiger partial charge on any atom is 0.216 e. The lowest BCUT2D eigenvalue weighted by Gasteiger charge is -2.18. The van der Waals surface area contributed by atoms with Gasteiger partial charge in [-0.15, -0.1) is 10.2 Å². The monoisotopic (exact) mass is 512 g/mol. The number of rotatable bonds is 9. The standard InChI is InChI=1S/C25H25ClN4O2S2/c1-18-13-14-22(26)15-23(18)30-24(27-28-25(30)33-16-20-9-5-3-6-10-20)19(2)29-34(31,32)17-21-11-7-4-8-12-21/h3-15,19,29H,16-17H2,1-2H3. The minimum absolute atomic E-state index is 0.113. The van der Waals surface area contributed by atoms with E-state index in [0.717, 1.165) is 16.8 Å². The van der Waals surface area contributed by atoms with Crippen molar-refractivity contribution in [1.29, 1.82) is 0 Å². The fourth-order valence-electron chi connectivity index (χ4n) is 3.58. The molecule has 1 heterocycles. The van der Waals surface area contributed by atoms with Crippen molar-refractivity contribution in [3.05, 3.63) is 106 Å². The Morgan fingerprint density at radius 2 is 1.62 bits per heavy atom. The van der Waals surface area contributed by atoms with E-state index in [1.165, 1.54) is 11.8 Å². The van der Waals surface area contributed by atoms with Crippen LogP contribution in [0.4, 0.5) is 0 Å². The van der Waals surface area contributed by atoms with Gasteiger partial charge >= 0.3 is 0 Å². The Hall–Kier alpha value is -2.65. The lowest BCUT2D eigenvalue weighted by atomic mass is 10.2. The van der Waals surface area contributed by atoms with Crippen LogP contribution in [0.15, 0.2) is 84.0 Å². The minimum Gasteiger partial charge on any atom is -0.272 e. The molecule has 0 aliphatic rings. The molecule has 34 heavy (non-hydrogen) atoms. The van der Waals surface area contributed by atoms with Gasteiger partial charge in [0.25, 0.3) is 0 Å². The van der Waals surface area contributed by atoms with Crippen molar-refractivity contribution in [2.24, 2.45) is 0 Å². The summed E-state index contributed by atoms with van der Waals surface area (Å²) in [6.07, 6.45) is 0. The van der Waals surface area contributed by atoms with Gasteiger partial charge in [-0.3, -0.25) is 4.57 Å². The quantitative estimate of drug-likeness (QED) is 0.291. The van der Waals surface area contributed by atoms with Crippen LogP contribution in [0.1, 0.15) is 35.5 Å². The molecular formula is C25H25ClN4O2S2. The number of halogens is 1. The van der Waals surface area contributed by atoms with Crippen molar-refractivity contribution < 1.29 is 8.42 Å². The average Bonchev–Trinajstić information content (AvgIpc) is 3.24. The van der Waals surface area contributed by atoms with Gasteiger partial charge in [-0.1, -0.05) is 90.1 Å². The zero-order valence-corrected chi connectivity index (χ0v) is 21.2. The summed E-state index contributed by atoms with van der Waals surface area (Å²) in [6, 6.07) is 24.2. The number of aromatic nitrogens is 3. The van der Waals surface area contributed by atoms with Gasteiger partial charge in [-0.05, 0) is 42.7 Å². The van der Waals surface area contributed by atoms with Gasteiger partial charge in [0.2, 0.25) is 10.0 Å². The number of benzene rings is 3. The van der Waals surface area contributed by atoms with E-state index in [9.17, 15) is 8.42 Å². The summed E-state index contributed by atoms with van der Waals surface area (Å²) in [6.45, 7) is 3.75. The number of hydrogen-bond acceptors (Lipinski definition) is 5. The molecular weight excluding hydrogens is 488 g/mol. The predicted octanol–water partition coefficient (Wildman–Crippen LogP) is 5.70. The van der Waals surface area contributed by atoms with E-state index in [1.54, 1.807) is 19.1 Å². The first kappa shape index (κ1) is 24.5. The molecule has 0 amide bonds. The summed E-state index contributed by atoms with van der Waals surface area (Å²) < 4.78 is 30.4. The van der Waals surface area contributed by atoms with Crippen molar-refractivity contribution in [2.45, 2.75) is 36.6 Å². The molecule has 176 valence electrons. The molecule has 0 aliphatic heterocycles. The number of thioether (sulfide) groups is 1. The number of aryl methyl sites for hydroxylation is 1. The van der Waals surface area contributed by atoms with Crippen molar-refractivity contribution in [1.82, 2.24) is 19.5 Å². The third kappa shape index (κ3) is 6.07. The van der Waals surface area contributed by atoms with E-state index in [0.29, 0.717) is 27.3 Å². The molecule has 4 rings (SSSR count). The maximum atomic E-state index is 12.9. The molecule has 6 nitrogen and oxygen atoms in total. The van der Waals surface area contributed by atoms with Crippen LogP contribution in [0.5, 0.6) is 0 Å². The van der Waals surface area contributed by atoms with Gasteiger partial charge in [0.15, 0.2) is 11.0 Å². The normalized spacial score (nSPS) is 12.6. The summed E-state index contributed by atoms with van der Waals surface area (Å²) in [5.41, 5.74) is 3.67. The Balaban J connectivity index is 1.66. The van der Waals surface area contributed by atoms with Gasteiger partial charge in [0.1, 0.15) is 0 Å². The molecule has 1 N–H and O–H groups in total. The van der Waals surface area contributed by atoms with E-state index in [1.807, 2.05) is 66.1 Å². The summed E-state index contributed by atoms with van der Waals surface area (Å²) in [5, 5.41) is 10.0. The highest BCUT2D eigenvalue weighted by atomic mass is 35.5. The van der Waals surface area contributed by atoms with Gasteiger partial charge in [-0.2, -0.15) is 0 Å². The molecule has 0 aliphatic carbocycles. The molecule has 4 aromatic rings. The number of sulfonamides is 1. The highest BCUT2D eigenvalue weighted by molar-refractivity contribution is 7.98. The first-order valence-corrected chi connectivity index (χ1v) is 13.8. The molecule has 0 saturated carbocycles. The first-order chi connectivity index (χ1) is 16.3. The molecule has 0 saturated heterocycles. The summed E-state index contributed by atoms with van der Waals surface area (Å²) in [4.78, 5) is 0. The largest absolute Gasteiger partial charge is 0.272 e. The SMILES string of the molecule is Cc1ccc(Cl)cc1-n1c(SCc2ccccc2)nnc1C(C)NS(=O)(=O)Cc1ccccc1. The third-order valence-corrected chi connectivity index (χ3v) is 7.89. The molecule has 1 aromatic heterocycles. The number of hydrogen-bond donors (Lipinski definition) is 1. The number of nitrogens with one attached hydrogen (secondary N) is 1. The van der Waals surface area contributed by atoms with E-state index in [-0.39, 0.29) is 5.75 Å². The van der Waals surface area contributed by atoms with Crippen LogP contribution in [-0.4, -0.2) is 23.2 Å². The summed E-state index contributed by atoms with van der Waals surface area (Å²) in [7, 11) is -3.61. The second-order valence-corrected chi connectivity index (χ2v) is 11.1. The lowest BCUT2D eigenvalue weighted by molar-refractivity contribution is 0.555. The highest BCUT2D eigenvalue weighted by Crippen LogP contribution is 2.30. The average molecular weight is 513 g/mol. The smallest absolute Gasteiger partial charge is 0.216 e. The zero-order valence-electron chi connectivity index (χ0n) is 18.8. The molecule has 0 fully saturated rings. The van der Waals surface area contributed by atoms with Crippen molar-refractivity contribution >= 4 is 33.4 Å². The van der Waals surface area contributed by atoms with E-state index < -0.39 is 16.1 Å².